The second kappa shape index (κ2) is 8.92. The molecule has 2 rings (SSSR count). The van der Waals surface area contributed by atoms with Crippen LogP contribution in [-0.2, 0) is 10.1 Å². The van der Waals surface area contributed by atoms with Crippen molar-refractivity contribution < 1.29 is 28.0 Å². The second-order valence-corrected chi connectivity index (χ2v) is 7.07. The Kier molecular flexibility index (Phi) is 6.86. The van der Waals surface area contributed by atoms with Crippen molar-refractivity contribution in [3.05, 3.63) is 60.7 Å². The lowest BCUT2D eigenvalue weighted by Gasteiger charge is -2.23. The molecule has 0 saturated heterocycles. The smallest absolute Gasteiger partial charge is 0.295 e. The summed E-state index contributed by atoms with van der Waals surface area (Å²) in [5.74, 6) is -0.613. The predicted octanol–water partition coefficient (Wildman–Crippen LogP) is 1.76. The normalized spacial score (nSPS) is 11.2. The van der Waals surface area contributed by atoms with Crippen LogP contribution in [0.5, 0.6) is 0 Å². The third-order valence-electron chi connectivity index (χ3n) is 4.01. The maximum absolute atomic E-state index is 12.0. The van der Waals surface area contributed by atoms with Gasteiger partial charge in [-0.25, -0.2) is 0 Å². The Morgan fingerprint density at radius 1 is 1.04 bits per heavy atom. The monoisotopic (exact) mass is 391 g/mol. The van der Waals surface area contributed by atoms with Gasteiger partial charge in [0, 0.05) is 29.9 Å². The fourth-order valence-electron chi connectivity index (χ4n) is 2.81. The maximum atomic E-state index is 12.0. The minimum absolute atomic E-state index is 0.0830. The molecule has 0 saturated carbocycles. The molecular weight excluding hydrogens is 370 g/mol. The molecule has 0 fully saturated rings. The highest BCUT2D eigenvalue weighted by Crippen LogP contribution is 2.32. The Balaban J connectivity index is 2.55. The number of carbonyl (C=O) groups excluding carboxylic acids is 1. The zero-order valence-electron chi connectivity index (χ0n) is 14.6. The molecule has 0 unspecified atom stereocenters. The van der Waals surface area contributed by atoms with E-state index in [1.165, 1.54) is 18.2 Å². The summed E-state index contributed by atoms with van der Waals surface area (Å²) >= 11 is 0. The molecule has 0 bridgehead atoms. The summed E-state index contributed by atoms with van der Waals surface area (Å²) in [4.78, 5) is 13.3. The van der Waals surface area contributed by atoms with Crippen LogP contribution in [0.25, 0.3) is 11.1 Å². The SMILES string of the molecule is C=CC(=O)c1cccc(-c2ccc(N(CCO)CCO)cc2)c1S(=O)(=O)O. The van der Waals surface area contributed by atoms with Gasteiger partial charge in [0.25, 0.3) is 10.1 Å². The average molecular weight is 391 g/mol. The minimum Gasteiger partial charge on any atom is -0.395 e. The van der Waals surface area contributed by atoms with Gasteiger partial charge in [-0.1, -0.05) is 30.8 Å². The standard InChI is InChI=1S/C19H21NO6S/c1-2-18(23)17-5-3-4-16(19(17)27(24,25)26)14-6-8-15(9-7-14)20(10-12-21)11-13-22/h2-9,21-22H,1,10-13H2,(H,24,25,26). The molecule has 0 amide bonds. The van der Waals surface area contributed by atoms with E-state index < -0.39 is 20.8 Å². The van der Waals surface area contributed by atoms with E-state index in [0.717, 1.165) is 11.8 Å². The van der Waals surface area contributed by atoms with E-state index in [2.05, 4.69) is 6.58 Å². The third kappa shape index (κ3) is 4.81. The van der Waals surface area contributed by atoms with Crippen LogP contribution in [0, 0.1) is 0 Å². The van der Waals surface area contributed by atoms with Crippen molar-refractivity contribution in [2.75, 3.05) is 31.2 Å². The lowest BCUT2D eigenvalue weighted by Crippen LogP contribution is -2.29. The Morgan fingerprint density at radius 2 is 1.63 bits per heavy atom. The van der Waals surface area contributed by atoms with Gasteiger partial charge in [-0.2, -0.15) is 8.42 Å². The Labute approximate surface area is 157 Å². The Morgan fingerprint density at radius 3 is 2.11 bits per heavy atom. The molecule has 0 spiro atoms. The number of anilines is 1. The number of aliphatic hydroxyl groups excluding tert-OH is 2. The Bertz CT molecular complexity index is 916. The molecule has 27 heavy (non-hydrogen) atoms. The molecule has 7 nitrogen and oxygen atoms in total. The number of ketones is 1. The summed E-state index contributed by atoms with van der Waals surface area (Å²) in [7, 11) is -4.66. The highest BCUT2D eigenvalue weighted by Gasteiger charge is 2.24. The van der Waals surface area contributed by atoms with E-state index in [1.807, 2.05) is 0 Å². The van der Waals surface area contributed by atoms with Crippen LogP contribution in [-0.4, -0.2) is 55.3 Å². The van der Waals surface area contributed by atoms with Gasteiger partial charge in [0.2, 0.25) is 0 Å². The van der Waals surface area contributed by atoms with Crippen molar-refractivity contribution in [1.29, 1.82) is 0 Å². The van der Waals surface area contributed by atoms with Crippen LogP contribution in [0.1, 0.15) is 10.4 Å². The lowest BCUT2D eigenvalue weighted by molar-refractivity contribution is 0.104. The number of nitrogens with zero attached hydrogens (tertiary/aromatic N) is 1. The van der Waals surface area contributed by atoms with Gasteiger partial charge in [0.05, 0.1) is 13.2 Å². The molecular formula is C19H21NO6S. The van der Waals surface area contributed by atoms with Gasteiger partial charge in [-0.3, -0.25) is 9.35 Å². The number of benzene rings is 2. The summed E-state index contributed by atoms with van der Waals surface area (Å²) in [5, 5.41) is 18.3. The van der Waals surface area contributed by atoms with Crippen LogP contribution in [0.15, 0.2) is 60.0 Å². The van der Waals surface area contributed by atoms with Crippen molar-refractivity contribution in [2.45, 2.75) is 4.90 Å². The first-order valence-corrected chi connectivity index (χ1v) is 9.62. The van der Waals surface area contributed by atoms with Gasteiger partial charge >= 0.3 is 0 Å². The zero-order chi connectivity index (χ0) is 20.0. The zero-order valence-corrected chi connectivity index (χ0v) is 15.4. The van der Waals surface area contributed by atoms with E-state index in [1.54, 1.807) is 29.2 Å². The van der Waals surface area contributed by atoms with Gasteiger partial charge in [0.1, 0.15) is 4.90 Å². The molecule has 144 valence electrons. The number of rotatable bonds is 9. The Hall–Kier alpha value is -2.52. The molecule has 0 atom stereocenters. The summed E-state index contributed by atoms with van der Waals surface area (Å²) < 4.78 is 33.5. The van der Waals surface area contributed by atoms with Gasteiger partial charge in [-0.15, -0.1) is 0 Å². The van der Waals surface area contributed by atoms with Crippen LogP contribution in [0.4, 0.5) is 5.69 Å². The van der Waals surface area contributed by atoms with Crippen molar-refractivity contribution in [3.63, 3.8) is 0 Å². The number of aliphatic hydroxyl groups is 2. The minimum atomic E-state index is -4.66. The van der Waals surface area contributed by atoms with E-state index in [-0.39, 0.29) is 24.3 Å². The summed E-state index contributed by atoms with van der Waals surface area (Å²) in [6, 6.07) is 11.0. The number of carbonyl (C=O) groups is 1. The largest absolute Gasteiger partial charge is 0.395 e. The summed E-state index contributed by atoms with van der Waals surface area (Å²) in [5.41, 5.74) is 1.25. The molecule has 0 aliphatic carbocycles. The van der Waals surface area contributed by atoms with E-state index in [0.29, 0.717) is 18.7 Å². The fraction of sp³-hybridized carbons (Fsp3) is 0.211. The van der Waals surface area contributed by atoms with Crippen LogP contribution >= 0.6 is 0 Å². The first-order valence-electron chi connectivity index (χ1n) is 8.17. The first kappa shape index (κ1) is 20.8. The molecule has 2 aromatic rings. The molecule has 2 aromatic carbocycles. The first-order chi connectivity index (χ1) is 12.8. The van der Waals surface area contributed by atoms with Gasteiger partial charge in [0.15, 0.2) is 5.78 Å². The van der Waals surface area contributed by atoms with Crippen LogP contribution < -0.4 is 4.90 Å². The topological polar surface area (TPSA) is 115 Å². The van der Waals surface area contributed by atoms with Crippen molar-refractivity contribution in [2.24, 2.45) is 0 Å². The van der Waals surface area contributed by atoms with Crippen molar-refractivity contribution >= 4 is 21.6 Å². The fourth-order valence-corrected chi connectivity index (χ4v) is 3.72. The van der Waals surface area contributed by atoms with Crippen LogP contribution in [0.2, 0.25) is 0 Å². The molecule has 8 heteroatoms. The highest BCUT2D eigenvalue weighted by molar-refractivity contribution is 7.86. The third-order valence-corrected chi connectivity index (χ3v) is 4.96. The van der Waals surface area contributed by atoms with Crippen LogP contribution in [0.3, 0.4) is 0 Å². The molecule has 3 N–H and O–H groups in total. The average Bonchev–Trinajstić information content (AvgIpc) is 2.66. The summed E-state index contributed by atoms with van der Waals surface area (Å²) in [6.07, 6.45) is 0.985. The predicted molar refractivity (Wildman–Crippen MR) is 103 cm³/mol. The van der Waals surface area contributed by atoms with Crippen molar-refractivity contribution in [3.8, 4) is 11.1 Å². The summed E-state index contributed by atoms with van der Waals surface area (Å²) in [6.45, 7) is 3.86. The maximum Gasteiger partial charge on any atom is 0.295 e. The molecule has 0 aromatic heterocycles. The van der Waals surface area contributed by atoms with E-state index in [4.69, 9.17) is 10.2 Å². The van der Waals surface area contributed by atoms with Gasteiger partial charge < -0.3 is 15.1 Å². The lowest BCUT2D eigenvalue weighted by atomic mass is 10.0. The molecule has 0 aliphatic rings. The molecule has 0 aliphatic heterocycles. The van der Waals surface area contributed by atoms with Crippen molar-refractivity contribution in [1.82, 2.24) is 0 Å². The molecule has 0 heterocycles. The van der Waals surface area contributed by atoms with E-state index in [9.17, 15) is 17.8 Å². The quantitative estimate of drug-likeness (QED) is 0.339. The second-order valence-electron chi connectivity index (χ2n) is 5.71. The number of hydrogen-bond donors (Lipinski definition) is 3. The molecule has 0 radical (unpaired) electrons. The van der Waals surface area contributed by atoms with E-state index >= 15 is 0 Å². The number of hydrogen-bond acceptors (Lipinski definition) is 6. The number of allylic oxidation sites excluding steroid dienone is 1. The highest BCUT2D eigenvalue weighted by atomic mass is 32.2. The van der Waals surface area contributed by atoms with Gasteiger partial charge in [-0.05, 0) is 29.8 Å².